The Kier molecular flexibility index (Phi) is 4.54. The number of benzene rings is 1. The van der Waals surface area contributed by atoms with Crippen molar-refractivity contribution < 1.29 is 14.6 Å². The highest BCUT2D eigenvalue weighted by Crippen LogP contribution is 2.25. The number of hydrogen-bond donors (Lipinski definition) is 1. The van der Waals surface area contributed by atoms with Crippen molar-refractivity contribution in [1.29, 1.82) is 0 Å². The van der Waals surface area contributed by atoms with E-state index in [2.05, 4.69) is 0 Å². The van der Waals surface area contributed by atoms with E-state index in [4.69, 9.17) is 9.47 Å². The summed E-state index contributed by atoms with van der Waals surface area (Å²) in [6, 6.07) is 10.1. The summed E-state index contributed by atoms with van der Waals surface area (Å²) < 4.78 is 11.3. The fourth-order valence-electron chi connectivity index (χ4n) is 2.12. The minimum atomic E-state index is -0.465. The summed E-state index contributed by atoms with van der Waals surface area (Å²) in [5.41, 5.74) is 0.684. The van der Waals surface area contributed by atoms with Crippen molar-refractivity contribution in [3.63, 3.8) is 0 Å². The normalized spacial score (nSPS) is 24.8. The molecule has 1 aromatic carbocycles. The molecule has 17 heavy (non-hydrogen) atoms. The highest BCUT2D eigenvalue weighted by atomic mass is 16.5. The highest BCUT2D eigenvalue weighted by Gasteiger charge is 2.32. The smallest absolute Gasteiger partial charge is 0.114 e. The molecular formula is C14H20O3. The first-order valence-electron chi connectivity index (χ1n) is 6.21. The van der Waals surface area contributed by atoms with Crippen LogP contribution >= 0.6 is 0 Å². The van der Waals surface area contributed by atoms with Gasteiger partial charge in [-0.05, 0) is 24.8 Å². The van der Waals surface area contributed by atoms with E-state index in [-0.39, 0.29) is 6.61 Å². The van der Waals surface area contributed by atoms with Crippen LogP contribution in [-0.4, -0.2) is 30.5 Å². The lowest BCUT2D eigenvalue weighted by atomic mass is 9.95. The SMILES string of the molecule is OCC1(COCc2ccccc2)CCCCO1. The van der Waals surface area contributed by atoms with Gasteiger partial charge in [-0.3, -0.25) is 0 Å². The molecule has 1 atom stereocenters. The van der Waals surface area contributed by atoms with Crippen molar-refractivity contribution in [2.45, 2.75) is 31.5 Å². The molecule has 0 aliphatic carbocycles. The second-order valence-electron chi connectivity index (χ2n) is 4.63. The number of aliphatic hydroxyl groups excluding tert-OH is 1. The number of aliphatic hydroxyl groups is 1. The van der Waals surface area contributed by atoms with Crippen LogP contribution in [0.1, 0.15) is 24.8 Å². The summed E-state index contributed by atoms with van der Waals surface area (Å²) in [6.07, 6.45) is 3.08. The van der Waals surface area contributed by atoms with Crippen LogP contribution in [0, 0.1) is 0 Å². The van der Waals surface area contributed by atoms with Crippen LogP contribution in [0.4, 0.5) is 0 Å². The van der Waals surface area contributed by atoms with Crippen LogP contribution in [0.5, 0.6) is 0 Å². The standard InChI is InChI=1S/C14H20O3/c15-11-14(8-4-5-9-17-14)12-16-10-13-6-2-1-3-7-13/h1-3,6-7,15H,4-5,8-12H2. The predicted octanol–water partition coefficient (Wildman–Crippen LogP) is 2.13. The van der Waals surface area contributed by atoms with E-state index >= 15 is 0 Å². The molecule has 0 aromatic heterocycles. The molecule has 94 valence electrons. The Bertz CT molecular complexity index is 317. The summed E-state index contributed by atoms with van der Waals surface area (Å²) in [4.78, 5) is 0. The van der Waals surface area contributed by atoms with Gasteiger partial charge in [-0.15, -0.1) is 0 Å². The van der Waals surface area contributed by atoms with E-state index in [1.54, 1.807) is 0 Å². The van der Waals surface area contributed by atoms with Gasteiger partial charge >= 0.3 is 0 Å². The molecule has 0 radical (unpaired) electrons. The summed E-state index contributed by atoms with van der Waals surface area (Å²) in [7, 11) is 0. The molecule has 1 aliphatic rings. The topological polar surface area (TPSA) is 38.7 Å². The number of hydrogen-bond acceptors (Lipinski definition) is 3. The van der Waals surface area contributed by atoms with Crippen LogP contribution < -0.4 is 0 Å². The van der Waals surface area contributed by atoms with E-state index in [1.807, 2.05) is 30.3 Å². The Morgan fingerprint density at radius 2 is 2.06 bits per heavy atom. The predicted molar refractivity (Wildman–Crippen MR) is 65.7 cm³/mol. The van der Waals surface area contributed by atoms with E-state index in [1.165, 1.54) is 0 Å². The third-order valence-electron chi connectivity index (χ3n) is 3.20. The van der Waals surface area contributed by atoms with Crippen molar-refractivity contribution >= 4 is 0 Å². The fraction of sp³-hybridized carbons (Fsp3) is 0.571. The monoisotopic (exact) mass is 236 g/mol. The summed E-state index contributed by atoms with van der Waals surface area (Å²) in [5.74, 6) is 0. The van der Waals surface area contributed by atoms with Gasteiger partial charge in [-0.1, -0.05) is 30.3 Å². The van der Waals surface area contributed by atoms with Gasteiger partial charge in [0.15, 0.2) is 0 Å². The first-order chi connectivity index (χ1) is 8.35. The second-order valence-corrected chi connectivity index (χ2v) is 4.63. The molecule has 2 rings (SSSR count). The van der Waals surface area contributed by atoms with Gasteiger partial charge in [0.25, 0.3) is 0 Å². The minimum absolute atomic E-state index is 0.0434. The third-order valence-corrected chi connectivity index (χ3v) is 3.20. The van der Waals surface area contributed by atoms with E-state index in [9.17, 15) is 5.11 Å². The molecular weight excluding hydrogens is 216 g/mol. The van der Waals surface area contributed by atoms with Gasteiger partial charge in [0.05, 0.1) is 19.8 Å². The highest BCUT2D eigenvalue weighted by molar-refractivity contribution is 5.13. The Balaban J connectivity index is 1.80. The average Bonchev–Trinajstić information content (AvgIpc) is 2.41. The van der Waals surface area contributed by atoms with Crippen LogP contribution in [0.15, 0.2) is 30.3 Å². The molecule has 1 saturated heterocycles. The lowest BCUT2D eigenvalue weighted by Gasteiger charge is -2.35. The van der Waals surface area contributed by atoms with E-state index in [0.717, 1.165) is 31.4 Å². The van der Waals surface area contributed by atoms with Crippen LogP contribution in [0.2, 0.25) is 0 Å². The van der Waals surface area contributed by atoms with Crippen molar-refractivity contribution in [2.24, 2.45) is 0 Å². The van der Waals surface area contributed by atoms with Crippen molar-refractivity contribution in [1.82, 2.24) is 0 Å². The lowest BCUT2D eigenvalue weighted by molar-refractivity contribution is -0.147. The zero-order chi connectivity index (χ0) is 12.0. The number of ether oxygens (including phenoxy) is 2. The third kappa shape index (κ3) is 3.53. The molecule has 1 N–H and O–H groups in total. The van der Waals surface area contributed by atoms with E-state index in [0.29, 0.717) is 13.2 Å². The summed E-state index contributed by atoms with van der Waals surface area (Å²) in [6.45, 7) is 1.82. The molecule has 0 spiro atoms. The molecule has 1 fully saturated rings. The first-order valence-corrected chi connectivity index (χ1v) is 6.21. The average molecular weight is 236 g/mol. The van der Waals surface area contributed by atoms with Gasteiger partial charge < -0.3 is 14.6 Å². The zero-order valence-corrected chi connectivity index (χ0v) is 10.1. The Labute approximate surface area is 102 Å². The van der Waals surface area contributed by atoms with Gasteiger partial charge in [0.2, 0.25) is 0 Å². The van der Waals surface area contributed by atoms with Crippen molar-refractivity contribution in [2.75, 3.05) is 19.8 Å². The Morgan fingerprint density at radius 1 is 1.24 bits per heavy atom. The number of rotatable bonds is 5. The maximum absolute atomic E-state index is 9.43. The molecule has 1 heterocycles. The maximum atomic E-state index is 9.43. The molecule has 1 aromatic rings. The van der Waals surface area contributed by atoms with Crippen LogP contribution in [0.3, 0.4) is 0 Å². The summed E-state index contributed by atoms with van der Waals surface area (Å²) in [5, 5.41) is 9.43. The van der Waals surface area contributed by atoms with Crippen LogP contribution in [-0.2, 0) is 16.1 Å². The van der Waals surface area contributed by atoms with Gasteiger partial charge in [-0.25, -0.2) is 0 Å². The molecule has 1 aliphatic heterocycles. The largest absolute Gasteiger partial charge is 0.393 e. The first kappa shape index (κ1) is 12.6. The maximum Gasteiger partial charge on any atom is 0.114 e. The van der Waals surface area contributed by atoms with Crippen LogP contribution in [0.25, 0.3) is 0 Å². The van der Waals surface area contributed by atoms with Gasteiger partial charge in [0.1, 0.15) is 5.60 Å². The second kappa shape index (κ2) is 6.15. The van der Waals surface area contributed by atoms with Gasteiger partial charge in [0, 0.05) is 6.61 Å². The molecule has 3 heteroatoms. The molecule has 1 unspecified atom stereocenters. The fourth-order valence-corrected chi connectivity index (χ4v) is 2.12. The minimum Gasteiger partial charge on any atom is -0.393 e. The molecule has 0 amide bonds. The summed E-state index contributed by atoms with van der Waals surface area (Å²) >= 11 is 0. The molecule has 0 saturated carbocycles. The van der Waals surface area contributed by atoms with Crippen molar-refractivity contribution in [3.8, 4) is 0 Å². The Hall–Kier alpha value is -0.900. The molecule has 0 bridgehead atoms. The molecule has 3 nitrogen and oxygen atoms in total. The lowest BCUT2D eigenvalue weighted by Crippen LogP contribution is -2.44. The Morgan fingerprint density at radius 3 is 2.71 bits per heavy atom. The van der Waals surface area contributed by atoms with Gasteiger partial charge in [-0.2, -0.15) is 0 Å². The van der Waals surface area contributed by atoms with E-state index < -0.39 is 5.60 Å². The van der Waals surface area contributed by atoms with Crippen molar-refractivity contribution in [3.05, 3.63) is 35.9 Å². The zero-order valence-electron chi connectivity index (χ0n) is 10.1. The quantitative estimate of drug-likeness (QED) is 0.851.